The molecule has 0 aromatic carbocycles. The number of rotatable bonds is 3. The van der Waals surface area contributed by atoms with Crippen LogP contribution in [0.25, 0.3) is 0 Å². The molecule has 2 fully saturated rings. The number of hydrogen-bond acceptors (Lipinski definition) is 9. The lowest BCUT2D eigenvalue weighted by Crippen LogP contribution is -2.75. The molecular formula is C5H3N4O9P3. The Bertz CT molecular complexity index is 771. The van der Waals surface area contributed by atoms with Gasteiger partial charge >= 0.3 is 35.3 Å². The Balaban J connectivity index is 2.85. The molecule has 0 radical (unpaired) electrons. The van der Waals surface area contributed by atoms with Crippen LogP contribution in [0.4, 0.5) is 9.59 Å². The zero-order chi connectivity index (χ0) is 16.2. The fraction of sp³-hybridized carbons (Fsp3) is 0.400. The first kappa shape index (κ1) is 15.3. The Morgan fingerprint density at radius 1 is 0.810 bits per heavy atom. The lowest BCUT2D eigenvalue weighted by Gasteiger charge is -2.38. The molecule has 2 heterocycles. The van der Waals surface area contributed by atoms with E-state index in [1.807, 2.05) is 0 Å². The zero-order valence-electron chi connectivity index (χ0n) is 9.46. The van der Waals surface area contributed by atoms with E-state index in [9.17, 15) is 41.8 Å². The number of nitrogens with one attached hydrogen (secondary N) is 3. The summed E-state index contributed by atoms with van der Waals surface area (Å²) in [6, 6.07) is -3.11. The van der Waals surface area contributed by atoms with E-state index in [1.54, 1.807) is 10.6 Å². The van der Waals surface area contributed by atoms with Crippen LogP contribution in [-0.2, 0) is 32.2 Å². The van der Waals surface area contributed by atoms with E-state index >= 15 is 0 Å². The van der Waals surface area contributed by atoms with Crippen molar-refractivity contribution in [3.63, 3.8) is 0 Å². The minimum absolute atomic E-state index is 0.509. The van der Waals surface area contributed by atoms with Crippen LogP contribution in [0.15, 0.2) is 0 Å². The van der Waals surface area contributed by atoms with Gasteiger partial charge in [0.25, 0.3) is 16.6 Å². The molecule has 5 amide bonds. The third kappa shape index (κ3) is 1.68. The first-order chi connectivity index (χ1) is 9.60. The van der Waals surface area contributed by atoms with Crippen molar-refractivity contribution in [3.8, 4) is 0 Å². The summed E-state index contributed by atoms with van der Waals surface area (Å²) in [5.41, 5.74) is 0. The molecule has 0 spiro atoms. The first-order valence-corrected chi connectivity index (χ1v) is 8.29. The normalized spacial score (nSPS) is 30.9. The molecule has 112 valence electrons. The van der Waals surface area contributed by atoms with Gasteiger partial charge in [-0.25, -0.2) is 37.0 Å². The Hall–Kier alpha value is -2.09. The monoisotopic (exact) mass is 356 g/mol. The zero-order valence-corrected chi connectivity index (χ0v) is 12.1. The predicted molar refractivity (Wildman–Crippen MR) is 57.4 cm³/mol. The lowest BCUT2D eigenvalue weighted by molar-refractivity contribution is -0.130. The topological polar surface area (TPSA) is 193 Å². The number of fused-ring (bicyclic) bond motifs is 1. The lowest BCUT2D eigenvalue weighted by atomic mass is 10.2. The van der Waals surface area contributed by atoms with E-state index in [0.717, 1.165) is 0 Å². The van der Waals surface area contributed by atoms with Crippen LogP contribution in [-0.4, -0.2) is 33.3 Å². The van der Waals surface area contributed by atoms with Crippen molar-refractivity contribution in [1.29, 1.82) is 0 Å². The molecule has 3 N–H and O–H groups in total. The van der Waals surface area contributed by atoms with E-state index in [1.165, 1.54) is 5.32 Å². The molecule has 0 aromatic rings. The number of hydrogen-bond donors (Lipinski definition) is 3. The summed E-state index contributed by atoms with van der Waals surface area (Å²) in [6.07, 6.45) is 0. The van der Waals surface area contributed by atoms with Gasteiger partial charge in [0.15, 0.2) is 0 Å². The van der Waals surface area contributed by atoms with Crippen LogP contribution < -0.4 is 16.0 Å². The van der Waals surface area contributed by atoms with Gasteiger partial charge in [0.1, 0.15) is 0 Å². The van der Waals surface area contributed by atoms with Crippen molar-refractivity contribution in [2.24, 2.45) is 0 Å². The Morgan fingerprint density at radius 3 is 1.81 bits per heavy atom. The van der Waals surface area contributed by atoms with Crippen molar-refractivity contribution in [2.75, 3.05) is 0 Å². The number of carbonyl (C=O) groups excluding carboxylic acids is 3. The van der Waals surface area contributed by atoms with Crippen LogP contribution in [0.2, 0.25) is 0 Å². The summed E-state index contributed by atoms with van der Waals surface area (Å²) in [7, 11) is -11.9. The smallest absolute Gasteiger partial charge is 0.307 e. The van der Waals surface area contributed by atoms with Crippen molar-refractivity contribution >= 4 is 41.2 Å². The van der Waals surface area contributed by atoms with Crippen LogP contribution in [0.5, 0.6) is 0 Å². The van der Waals surface area contributed by atoms with E-state index < -0.39 is 56.5 Å². The molecule has 0 aliphatic carbocycles. The van der Waals surface area contributed by atoms with Gasteiger partial charge in [-0.2, -0.15) is 0 Å². The van der Waals surface area contributed by atoms with Gasteiger partial charge in [-0.1, -0.05) is 0 Å². The standard InChI is InChI=1S/C5H3N4O9P3/c10-1-4(19(13)14)5(20(15)16,7-2(11)6-4)8-3(12)9(1)21(17)18/h(H,8,12)(H2,6,7,11). The maximum atomic E-state index is 12.1. The third-order valence-corrected chi connectivity index (χ3v) is 5.96. The van der Waals surface area contributed by atoms with Crippen molar-refractivity contribution in [2.45, 2.75) is 10.7 Å². The summed E-state index contributed by atoms with van der Waals surface area (Å²) in [6.45, 7) is 0. The van der Waals surface area contributed by atoms with Gasteiger partial charge < -0.3 is 5.32 Å². The predicted octanol–water partition coefficient (Wildman–Crippen LogP) is -0.365. The average molecular weight is 356 g/mol. The number of nitrogens with zero attached hydrogens (tertiary/aromatic N) is 1. The SMILES string of the molecule is O=C1NC2(P(=O)=O)NC(=O)N(P(=O)=O)C(=O)C2(P(=O)=O)N1. The molecule has 0 bridgehead atoms. The highest BCUT2D eigenvalue weighted by Crippen LogP contribution is 2.51. The molecule has 0 aromatic heterocycles. The van der Waals surface area contributed by atoms with Crippen LogP contribution in [0.1, 0.15) is 0 Å². The van der Waals surface area contributed by atoms with Crippen molar-refractivity contribution in [1.82, 2.24) is 20.6 Å². The molecule has 2 aliphatic heterocycles. The minimum Gasteiger partial charge on any atom is -0.307 e. The molecule has 2 atom stereocenters. The third-order valence-electron chi connectivity index (χ3n) is 2.81. The summed E-state index contributed by atoms with van der Waals surface area (Å²) in [4.78, 5) is 34.9. The molecule has 2 unspecified atom stereocenters. The highest BCUT2D eigenvalue weighted by molar-refractivity contribution is 7.40. The van der Waals surface area contributed by atoms with E-state index in [-0.39, 0.29) is 0 Å². The molecular weight excluding hydrogens is 353 g/mol. The molecule has 2 rings (SSSR count). The van der Waals surface area contributed by atoms with Crippen LogP contribution in [0, 0.1) is 0 Å². The van der Waals surface area contributed by atoms with E-state index in [4.69, 9.17) is 0 Å². The van der Waals surface area contributed by atoms with Crippen molar-refractivity contribution < 1.29 is 41.8 Å². The van der Waals surface area contributed by atoms with Crippen LogP contribution >= 0.6 is 23.2 Å². The number of urea groups is 2. The Kier molecular flexibility index (Phi) is 3.25. The maximum Gasteiger partial charge on any atom is 0.437 e. The van der Waals surface area contributed by atoms with E-state index in [0.29, 0.717) is 0 Å². The highest BCUT2D eigenvalue weighted by atomic mass is 31.1. The van der Waals surface area contributed by atoms with E-state index in [2.05, 4.69) is 0 Å². The molecule has 2 saturated heterocycles. The maximum absolute atomic E-state index is 12.1. The fourth-order valence-electron chi connectivity index (χ4n) is 1.95. The van der Waals surface area contributed by atoms with Gasteiger partial charge in [0, 0.05) is 0 Å². The highest BCUT2D eigenvalue weighted by Gasteiger charge is 2.77. The average Bonchev–Trinajstić information content (AvgIpc) is 2.63. The molecule has 0 saturated carbocycles. The second kappa shape index (κ2) is 4.45. The largest absolute Gasteiger partial charge is 0.437 e. The van der Waals surface area contributed by atoms with Gasteiger partial charge in [-0.3, -0.25) is 15.4 Å². The molecule has 13 nitrogen and oxygen atoms in total. The second-order valence-electron chi connectivity index (χ2n) is 3.80. The second-order valence-corrected chi connectivity index (χ2v) is 7.04. The summed E-state index contributed by atoms with van der Waals surface area (Å²) in [5.74, 6) is -1.93. The Labute approximate surface area is 115 Å². The first-order valence-electron chi connectivity index (χ1n) is 4.80. The van der Waals surface area contributed by atoms with Gasteiger partial charge in [0.05, 0.1) is 0 Å². The van der Waals surface area contributed by atoms with Crippen LogP contribution in [0.3, 0.4) is 0 Å². The van der Waals surface area contributed by atoms with Crippen molar-refractivity contribution in [3.05, 3.63) is 0 Å². The molecule has 21 heavy (non-hydrogen) atoms. The summed E-state index contributed by atoms with van der Waals surface area (Å²) >= 11 is 0. The van der Waals surface area contributed by atoms with Gasteiger partial charge in [-0.15, -0.1) is 4.67 Å². The Morgan fingerprint density at radius 2 is 1.38 bits per heavy atom. The summed E-state index contributed by atoms with van der Waals surface area (Å²) in [5, 5.41) is -1.57. The van der Waals surface area contributed by atoms with Gasteiger partial charge in [-0.05, 0) is 0 Å². The molecule has 16 heteroatoms. The molecule has 2 aliphatic rings. The number of imide groups is 1. The fourth-order valence-corrected chi connectivity index (χ4v) is 4.64. The summed E-state index contributed by atoms with van der Waals surface area (Å²) < 4.78 is 66.8. The number of carbonyl (C=O) groups is 3. The quantitative estimate of drug-likeness (QED) is 0.566. The minimum atomic E-state index is -4.05. The number of amides is 5. The van der Waals surface area contributed by atoms with Gasteiger partial charge in [0.2, 0.25) is 0 Å².